The van der Waals surface area contributed by atoms with Gasteiger partial charge in [-0.15, -0.1) is 0 Å². The molecule has 6 aliphatic rings. The number of amides is 1. The predicted molar refractivity (Wildman–Crippen MR) is 106 cm³/mol. The Labute approximate surface area is 163 Å². The van der Waals surface area contributed by atoms with Crippen LogP contribution in [0, 0.1) is 23.2 Å². The second-order valence-electron chi connectivity index (χ2n) is 10.3. The second kappa shape index (κ2) is 6.07. The molecule has 1 aliphatic heterocycles. The van der Waals surface area contributed by atoms with Crippen LogP contribution < -0.4 is 0 Å². The monoisotopic (exact) mass is 364 g/mol. The van der Waals surface area contributed by atoms with E-state index >= 15 is 0 Å². The third-order valence-electron chi connectivity index (χ3n) is 8.41. The molecule has 1 aromatic carbocycles. The van der Waals surface area contributed by atoms with Gasteiger partial charge in [0.1, 0.15) is 0 Å². The molecule has 4 bridgehead atoms. The fraction of sp³-hybridized carbons (Fsp3) is 0.708. The Hall–Kier alpha value is -1.35. The Balaban J connectivity index is 1.31. The molecular weight excluding hydrogens is 332 g/mol. The van der Waals surface area contributed by atoms with E-state index in [0.29, 0.717) is 5.91 Å². The summed E-state index contributed by atoms with van der Waals surface area (Å²) in [5.74, 6) is 3.03. The summed E-state index contributed by atoms with van der Waals surface area (Å²) in [6.45, 7) is 3.04. The van der Waals surface area contributed by atoms with E-state index < -0.39 is 0 Å². The number of carbonyl (C=O) groups is 1. The summed E-state index contributed by atoms with van der Waals surface area (Å²) in [4.78, 5) is 19.0. The molecule has 3 nitrogen and oxygen atoms in total. The largest absolute Gasteiger partial charge is 0.333 e. The standard InChI is InChI=1S/C24H32N2O/c27-23(24-13-17-10-18(14-24)12-19(11-17)15-24)26-9-8-25(21-6-7-21)16-22(26)20-4-2-1-3-5-20/h1-5,17-19,21-22H,6-16H2. The van der Waals surface area contributed by atoms with Gasteiger partial charge in [0.25, 0.3) is 0 Å². The van der Waals surface area contributed by atoms with Gasteiger partial charge in [-0.2, -0.15) is 0 Å². The highest BCUT2D eigenvalue weighted by Crippen LogP contribution is 2.61. The van der Waals surface area contributed by atoms with Crippen LogP contribution in [0.15, 0.2) is 30.3 Å². The van der Waals surface area contributed by atoms with Gasteiger partial charge in [0.05, 0.1) is 11.5 Å². The molecule has 7 rings (SSSR count). The molecule has 5 saturated carbocycles. The summed E-state index contributed by atoms with van der Waals surface area (Å²) in [5, 5.41) is 0. The van der Waals surface area contributed by atoms with E-state index in [1.807, 2.05) is 0 Å². The summed E-state index contributed by atoms with van der Waals surface area (Å²) < 4.78 is 0. The zero-order valence-corrected chi connectivity index (χ0v) is 16.4. The van der Waals surface area contributed by atoms with Crippen molar-refractivity contribution in [3.8, 4) is 0 Å². The lowest BCUT2D eigenvalue weighted by Gasteiger charge is -2.57. The molecule has 27 heavy (non-hydrogen) atoms. The molecule has 1 heterocycles. The zero-order valence-electron chi connectivity index (χ0n) is 16.4. The maximum atomic E-state index is 14.0. The highest BCUT2D eigenvalue weighted by Gasteiger charge is 2.56. The Bertz CT molecular complexity index is 690. The van der Waals surface area contributed by atoms with Crippen LogP contribution in [0.3, 0.4) is 0 Å². The lowest BCUT2D eigenvalue weighted by atomic mass is 9.49. The van der Waals surface area contributed by atoms with Crippen LogP contribution in [0.5, 0.6) is 0 Å². The van der Waals surface area contributed by atoms with E-state index in [9.17, 15) is 4.79 Å². The Morgan fingerprint density at radius 1 is 0.889 bits per heavy atom. The van der Waals surface area contributed by atoms with E-state index in [4.69, 9.17) is 0 Å². The van der Waals surface area contributed by atoms with Crippen molar-refractivity contribution in [2.24, 2.45) is 23.2 Å². The Morgan fingerprint density at radius 2 is 1.52 bits per heavy atom. The molecule has 3 heteroatoms. The third-order valence-corrected chi connectivity index (χ3v) is 8.41. The molecule has 0 N–H and O–H groups in total. The van der Waals surface area contributed by atoms with E-state index in [-0.39, 0.29) is 11.5 Å². The van der Waals surface area contributed by atoms with Gasteiger partial charge in [0, 0.05) is 25.7 Å². The summed E-state index contributed by atoms with van der Waals surface area (Å²) in [6.07, 6.45) is 10.5. The van der Waals surface area contributed by atoms with Crippen molar-refractivity contribution in [2.45, 2.75) is 63.5 Å². The highest BCUT2D eigenvalue weighted by molar-refractivity contribution is 5.84. The number of benzene rings is 1. The Morgan fingerprint density at radius 3 is 2.11 bits per heavy atom. The summed E-state index contributed by atoms with van der Waals surface area (Å²) >= 11 is 0. The van der Waals surface area contributed by atoms with Gasteiger partial charge in [-0.25, -0.2) is 0 Å². The quantitative estimate of drug-likeness (QED) is 0.800. The molecule has 5 aliphatic carbocycles. The molecule has 0 radical (unpaired) electrons. The minimum Gasteiger partial charge on any atom is -0.333 e. The normalized spacial score (nSPS) is 41.1. The first-order valence-electron chi connectivity index (χ1n) is 11.3. The topological polar surface area (TPSA) is 23.6 Å². The number of hydrogen-bond acceptors (Lipinski definition) is 2. The van der Waals surface area contributed by atoms with Crippen molar-refractivity contribution in [1.29, 1.82) is 0 Å². The second-order valence-corrected chi connectivity index (χ2v) is 10.3. The lowest BCUT2D eigenvalue weighted by molar-refractivity contribution is -0.163. The van der Waals surface area contributed by atoms with Gasteiger partial charge in [-0.05, 0) is 74.7 Å². The fourth-order valence-corrected chi connectivity index (χ4v) is 7.46. The van der Waals surface area contributed by atoms with E-state index in [1.54, 1.807) is 0 Å². The van der Waals surface area contributed by atoms with Crippen molar-refractivity contribution < 1.29 is 4.79 Å². The fourth-order valence-electron chi connectivity index (χ4n) is 7.46. The van der Waals surface area contributed by atoms with Crippen LogP contribution >= 0.6 is 0 Å². The van der Waals surface area contributed by atoms with Gasteiger partial charge >= 0.3 is 0 Å². The van der Waals surface area contributed by atoms with Gasteiger partial charge < -0.3 is 4.90 Å². The van der Waals surface area contributed by atoms with Gasteiger partial charge in [0.2, 0.25) is 5.91 Å². The third kappa shape index (κ3) is 2.76. The molecule has 0 spiro atoms. The average Bonchev–Trinajstić information content (AvgIpc) is 3.52. The van der Waals surface area contributed by atoms with Crippen LogP contribution in [-0.2, 0) is 4.79 Å². The SMILES string of the molecule is O=C(N1CCN(C2CC2)CC1c1ccccc1)C12CC3CC(CC(C3)C1)C2. The number of nitrogens with zero attached hydrogens (tertiary/aromatic N) is 2. The molecule has 6 fully saturated rings. The number of hydrogen-bond donors (Lipinski definition) is 0. The van der Waals surface area contributed by atoms with Crippen LogP contribution in [0.4, 0.5) is 0 Å². The van der Waals surface area contributed by atoms with Gasteiger partial charge in [-0.3, -0.25) is 9.69 Å². The van der Waals surface area contributed by atoms with E-state index in [0.717, 1.165) is 43.4 Å². The van der Waals surface area contributed by atoms with E-state index in [1.165, 1.54) is 56.9 Å². The molecule has 1 amide bonds. The van der Waals surface area contributed by atoms with E-state index in [2.05, 4.69) is 40.1 Å². The molecule has 144 valence electrons. The average molecular weight is 365 g/mol. The maximum absolute atomic E-state index is 14.0. The van der Waals surface area contributed by atoms with Crippen molar-refractivity contribution in [3.63, 3.8) is 0 Å². The van der Waals surface area contributed by atoms with Crippen molar-refractivity contribution in [3.05, 3.63) is 35.9 Å². The first kappa shape index (κ1) is 16.6. The first-order valence-corrected chi connectivity index (χ1v) is 11.3. The minimum absolute atomic E-state index is 0.0104. The van der Waals surface area contributed by atoms with Gasteiger partial charge in [-0.1, -0.05) is 30.3 Å². The highest BCUT2D eigenvalue weighted by atomic mass is 16.2. The molecule has 1 saturated heterocycles. The van der Waals surface area contributed by atoms with Crippen LogP contribution in [-0.4, -0.2) is 41.4 Å². The van der Waals surface area contributed by atoms with Gasteiger partial charge in [0.15, 0.2) is 0 Å². The summed E-state index contributed by atoms with van der Waals surface area (Å²) in [5.41, 5.74) is 1.32. The Kier molecular flexibility index (Phi) is 3.73. The number of piperazine rings is 1. The molecule has 1 unspecified atom stereocenters. The lowest BCUT2D eigenvalue weighted by Crippen LogP contribution is -2.59. The molecule has 0 aromatic heterocycles. The minimum atomic E-state index is -0.0104. The van der Waals surface area contributed by atoms with Crippen molar-refractivity contribution in [1.82, 2.24) is 9.80 Å². The molecule has 1 atom stereocenters. The number of rotatable bonds is 3. The summed E-state index contributed by atoms with van der Waals surface area (Å²) in [7, 11) is 0. The van der Waals surface area contributed by atoms with Crippen molar-refractivity contribution >= 4 is 5.91 Å². The zero-order chi connectivity index (χ0) is 18.0. The van der Waals surface area contributed by atoms with Crippen LogP contribution in [0.2, 0.25) is 0 Å². The smallest absolute Gasteiger partial charge is 0.229 e. The predicted octanol–water partition coefficient (Wildman–Crippen LogP) is 4.25. The molecular formula is C24H32N2O. The number of carbonyl (C=O) groups excluding carboxylic acids is 1. The first-order chi connectivity index (χ1) is 13.2. The maximum Gasteiger partial charge on any atom is 0.229 e. The summed E-state index contributed by atoms with van der Waals surface area (Å²) in [6, 6.07) is 11.9. The van der Waals surface area contributed by atoms with Crippen LogP contribution in [0.25, 0.3) is 0 Å². The van der Waals surface area contributed by atoms with Crippen molar-refractivity contribution in [2.75, 3.05) is 19.6 Å². The molecule has 1 aromatic rings. The van der Waals surface area contributed by atoms with Crippen LogP contribution in [0.1, 0.15) is 63.0 Å².